The number of hydrogen-bond donors (Lipinski definition) is 1. The number of hydrogen-bond acceptors (Lipinski definition) is 4. The average Bonchev–Trinajstić information content (AvgIpc) is 2.89. The van der Waals surface area contributed by atoms with E-state index in [-0.39, 0.29) is 5.91 Å². The third kappa shape index (κ3) is 2.49. The van der Waals surface area contributed by atoms with Gasteiger partial charge in [0.05, 0.1) is 5.69 Å². The molecule has 1 N–H and O–H groups in total. The summed E-state index contributed by atoms with van der Waals surface area (Å²) in [5.74, 6) is 0.591. The van der Waals surface area contributed by atoms with Crippen LogP contribution in [0.1, 0.15) is 34.7 Å². The normalized spacial score (nSPS) is 19.6. The molecule has 5 nitrogen and oxygen atoms in total. The molecule has 5 heteroatoms. The predicted octanol–water partition coefficient (Wildman–Crippen LogP) is 1.12. The second-order valence-corrected chi connectivity index (χ2v) is 4.68. The number of likely N-dealkylation sites (N-methyl/N-ethyl adjacent to an activating group) is 1. The summed E-state index contributed by atoms with van der Waals surface area (Å²) >= 11 is 0. The van der Waals surface area contributed by atoms with Gasteiger partial charge in [0, 0.05) is 19.6 Å². The van der Waals surface area contributed by atoms with E-state index < -0.39 is 0 Å². The Labute approximate surface area is 101 Å². The molecule has 2 heterocycles. The molecule has 1 saturated heterocycles. The summed E-state index contributed by atoms with van der Waals surface area (Å²) in [4.78, 5) is 14.0. The number of amides is 1. The first kappa shape index (κ1) is 12.1. The van der Waals surface area contributed by atoms with E-state index >= 15 is 0 Å². The van der Waals surface area contributed by atoms with Crippen LogP contribution in [0.5, 0.6) is 0 Å². The highest BCUT2D eigenvalue weighted by molar-refractivity contribution is 5.95. The van der Waals surface area contributed by atoms with Crippen molar-refractivity contribution in [3.63, 3.8) is 0 Å². The minimum Gasteiger partial charge on any atom is -0.361 e. The minimum absolute atomic E-state index is 0.00468. The van der Waals surface area contributed by atoms with E-state index in [0.29, 0.717) is 23.1 Å². The Hall–Kier alpha value is -1.36. The van der Waals surface area contributed by atoms with Crippen LogP contribution in [0.15, 0.2) is 4.52 Å². The Kier molecular flexibility index (Phi) is 3.47. The van der Waals surface area contributed by atoms with E-state index in [1.165, 1.54) is 6.42 Å². The van der Waals surface area contributed by atoms with E-state index in [1.54, 1.807) is 18.7 Å². The van der Waals surface area contributed by atoms with Crippen LogP contribution in [0.3, 0.4) is 0 Å². The first-order chi connectivity index (χ1) is 8.09. The molecule has 0 spiro atoms. The zero-order valence-corrected chi connectivity index (χ0v) is 10.6. The van der Waals surface area contributed by atoms with Gasteiger partial charge >= 0.3 is 0 Å². The molecule has 94 valence electrons. The van der Waals surface area contributed by atoms with E-state index in [2.05, 4.69) is 10.5 Å². The molecule has 2 rings (SSSR count). The Morgan fingerprint density at radius 1 is 1.59 bits per heavy atom. The maximum absolute atomic E-state index is 12.2. The maximum Gasteiger partial charge on any atom is 0.259 e. The Balaban J connectivity index is 2.04. The Morgan fingerprint density at radius 3 is 2.88 bits per heavy atom. The van der Waals surface area contributed by atoms with Crippen LogP contribution in [-0.4, -0.2) is 42.1 Å². The topological polar surface area (TPSA) is 58.4 Å². The largest absolute Gasteiger partial charge is 0.361 e. The second kappa shape index (κ2) is 4.87. The van der Waals surface area contributed by atoms with Crippen molar-refractivity contribution < 1.29 is 9.32 Å². The van der Waals surface area contributed by atoms with Crippen LogP contribution in [0, 0.1) is 13.8 Å². The molecule has 1 fully saturated rings. The number of aromatic nitrogens is 1. The van der Waals surface area contributed by atoms with Crippen molar-refractivity contribution in [2.45, 2.75) is 32.7 Å². The molecule has 1 aliphatic heterocycles. The van der Waals surface area contributed by atoms with Crippen LogP contribution in [0.2, 0.25) is 0 Å². The van der Waals surface area contributed by atoms with E-state index in [0.717, 1.165) is 19.5 Å². The molecular formula is C12H19N3O2. The highest BCUT2D eigenvalue weighted by Gasteiger charge is 2.24. The molecule has 1 aliphatic rings. The second-order valence-electron chi connectivity index (χ2n) is 4.68. The van der Waals surface area contributed by atoms with Gasteiger partial charge in [-0.25, -0.2) is 0 Å². The van der Waals surface area contributed by atoms with Crippen molar-refractivity contribution in [1.82, 2.24) is 15.4 Å². The summed E-state index contributed by atoms with van der Waals surface area (Å²) in [6, 6.07) is 0.421. The summed E-state index contributed by atoms with van der Waals surface area (Å²) in [5, 5.41) is 7.20. The predicted molar refractivity (Wildman–Crippen MR) is 64.0 cm³/mol. The lowest BCUT2D eigenvalue weighted by atomic mass is 10.1. The van der Waals surface area contributed by atoms with Crippen molar-refractivity contribution in [3.8, 4) is 0 Å². The third-order valence-electron chi connectivity index (χ3n) is 3.25. The van der Waals surface area contributed by atoms with Crippen LogP contribution in [0.4, 0.5) is 0 Å². The fourth-order valence-corrected chi connectivity index (χ4v) is 2.31. The average molecular weight is 237 g/mol. The zero-order valence-electron chi connectivity index (χ0n) is 10.6. The van der Waals surface area contributed by atoms with Gasteiger partial charge in [0.1, 0.15) is 11.3 Å². The van der Waals surface area contributed by atoms with Crippen LogP contribution < -0.4 is 5.32 Å². The van der Waals surface area contributed by atoms with Gasteiger partial charge in [0.15, 0.2) is 0 Å². The summed E-state index contributed by atoms with van der Waals surface area (Å²) in [6.45, 7) is 5.36. The molecule has 0 radical (unpaired) electrons. The Morgan fingerprint density at radius 2 is 2.35 bits per heavy atom. The lowest BCUT2D eigenvalue weighted by Gasteiger charge is -2.21. The first-order valence-corrected chi connectivity index (χ1v) is 6.01. The molecule has 0 saturated carbocycles. The summed E-state index contributed by atoms with van der Waals surface area (Å²) in [5.41, 5.74) is 1.27. The van der Waals surface area contributed by atoms with Crippen molar-refractivity contribution in [3.05, 3.63) is 17.0 Å². The van der Waals surface area contributed by atoms with Gasteiger partial charge in [-0.05, 0) is 33.2 Å². The first-order valence-electron chi connectivity index (χ1n) is 6.01. The smallest absolute Gasteiger partial charge is 0.259 e. The fraction of sp³-hybridized carbons (Fsp3) is 0.667. The lowest BCUT2D eigenvalue weighted by molar-refractivity contribution is 0.0781. The van der Waals surface area contributed by atoms with E-state index in [9.17, 15) is 4.79 Å². The molecule has 1 aromatic heterocycles. The molecule has 0 aliphatic carbocycles. The maximum atomic E-state index is 12.2. The molecule has 17 heavy (non-hydrogen) atoms. The van der Waals surface area contributed by atoms with E-state index in [1.807, 2.05) is 7.05 Å². The summed E-state index contributed by atoms with van der Waals surface area (Å²) < 4.78 is 5.02. The van der Waals surface area contributed by atoms with Gasteiger partial charge in [-0.3, -0.25) is 4.79 Å². The van der Waals surface area contributed by atoms with Crippen molar-refractivity contribution in [1.29, 1.82) is 0 Å². The van der Waals surface area contributed by atoms with Crippen LogP contribution in [0.25, 0.3) is 0 Å². The number of carbonyl (C=O) groups is 1. The van der Waals surface area contributed by atoms with Crippen molar-refractivity contribution in [2.75, 3.05) is 20.1 Å². The molecule has 0 bridgehead atoms. The monoisotopic (exact) mass is 237 g/mol. The van der Waals surface area contributed by atoms with Gasteiger partial charge in [-0.2, -0.15) is 0 Å². The lowest BCUT2D eigenvalue weighted by Crippen LogP contribution is -2.38. The summed E-state index contributed by atoms with van der Waals surface area (Å²) in [6.07, 6.45) is 2.33. The van der Waals surface area contributed by atoms with Gasteiger partial charge in [-0.1, -0.05) is 5.16 Å². The van der Waals surface area contributed by atoms with Crippen LogP contribution >= 0.6 is 0 Å². The number of nitrogens with one attached hydrogen (secondary N) is 1. The summed E-state index contributed by atoms with van der Waals surface area (Å²) in [7, 11) is 1.83. The van der Waals surface area contributed by atoms with Crippen LogP contribution in [-0.2, 0) is 0 Å². The molecule has 1 amide bonds. The van der Waals surface area contributed by atoms with Gasteiger partial charge in [0.2, 0.25) is 0 Å². The van der Waals surface area contributed by atoms with Crippen molar-refractivity contribution in [2.24, 2.45) is 0 Å². The van der Waals surface area contributed by atoms with Gasteiger partial charge in [0.25, 0.3) is 5.91 Å². The Bertz CT molecular complexity index is 388. The minimum atomic E-state index is -0.00468. The standard InChI is InChI=1S/C12H19N3O2/c1-8-11(9(2)17-14-8)12(16)15(3)7-10-5-4-6-13-10/h10,13H,4-7H2,1-3H3. The third-order valence-corrected chi connectivity index (χ3v) is 3.25. The highest BCUT2D eigenvalue weighted by Crippen LogP contribution is 2.15. The molecule has 1 atom stereocenters. The molecular weight excluding hydrogens is 218 g/mol. The van der Waals surface area contributed by atoms with Gasteiger partial charge < -0.3 is 14.7 Å². The number of nitrogens with zero attached hydrogens (tertiary/aromatic N) is 2. The number of aryl methyl sites for hydroxylation is 2. The molecule has 1 unspecified atom stereocenters. The zero-order chi connectivity index (χ0) is 12.4. The number of rotatable bonds is 3. The fourth-order valence-electron chi connectivity index (χ4n) is 2.31. The van der Waals surface area contributed by atoms with Crippen molar-refractivity contribution >= 4 is 5.91 Å². The number of carbonyl (C=O) groups excluding carboxylic acids is 1. The molecule has 0 aromatic carbocycles. The SMILES string of the molecule is Cc1noc(C)c1C(=O)N(C)CC1CCCN1. The molecule has 1 aromatic rings. The highest BCUT2D eigenvalue weighted by atomic mass is 16.5. The van der Waals surface area contributed by atoms with Gasteiger partial charge in [-0.15, -0.1) is 0 Å². The quantitative estimate of drug-likeness (QED) is 0.855. The van der Waals surface area contributed by atoms with E-state index in [4.69, 9.17) is 4.52 Å².